The van der Waals surface area contributed by atoms with Gasteiger partial charge in [0.1, 0.15) is 0 Å². The molecule has 1 aliphatic heterocycles. The van der Waals surface area contributed by atoms with Gasteiger partial charge in [-0.25, -0.2) is 4.98 Å². The number of halogens is 3. The van der Waals surface area contributed by atoms with Crippen LogP contribution in [0.15, 0.2) is 60.9 Å². The van der Waals surface area contributed by atoms with Crippen molar-refractivity contribution in [2.75, 3.05) is 23.4 Å². The van der Waals surface area contributed by atoms with Crippen LogP contribution >= 0.6 is 0 Å². The molecule has 1 atom stereocenters. The number of para-hydroxylation sites is 1. The topological polar surface area (TPSA) is 79.1 Å². The molecule has 7 nitrogen and oxygen atoms in total. The highest BCUT2D eigenvalue weighted by Gasteiger charge is 2.30. The number of hydrogen-bond acceptors (Lipinski definition) is 6. The molecular weight excluding hydrogens is 445 g/mol. The van der Waals surface area contributed by atoms with Crippen LogP contribution in [0.1, 0.15) is 24.0 Å². The number of hydrogen-bond donors (Lipinski definition) is 2. The summed E-state index contributed by atoms with van der Waals surface area (Å²) >= 11 is 0. The van der Waals surface area contributed by atoms with E-state index in [4.69, 9.17) is 9.97 Å². The van der Waals surface area contributed by atoms with E-state index in [0.29, 0.717) is 35.0 Å². The van der Waals surface area contributed by atoms with Crippen molar-refractivity contribution >= 4 is 28.6 Å². The molecule has 0 radical (unpaired) electrons. The summed E-state index contributed by atoms with van der Waals surface area (Å²) in [6.07, 6.45) is -0.979. The summed E-state index contributed by atoms with van der Waals surface area (Å²) in [5, 5.41) is 13.1. The molecule has 4 aromatic rings. The first kappa shape index (κ1) is 22.1. The molecule has 1 aliphatic rings. The van der Waals surface area contributed by atoms with Gasteiger partial charge in [0.05, 0.1) is 31.1 Å². The number of imidazole rings is 1. The molecule has 3 heterocycles. The predicted molar refractivity (Wildman–Crippen MR) is 123 cm³/mol. The zero-order chi connectivity index (χ0) is 23.7. The fraction of sp³-hybridized carbons (Fsp3) is 0.292. The van der Waals surface area contributed by atoms with Crippen LogP contribution in [0.3, 0.4) is 0 Å². The Bertz CT molecular complexity index is 1270. The Morgan fingerprint density at radius 3 is 2.50 bits per heavy atom. The summed E-state index contributed by atoms with van der Waals surface area (Å²) in [7, 11) is 0. The first-order valence-electron chi connectivity index (χ1n) is 11.0. The molecule has 0 aliphatic carbocycles. The molecule has 5 rings (SSSR count). The van der Waals surface area contributed by atoms with Crippen molar-refractivity contribution in [1.82, 2.24) is 19.5 Å². The largest absolute Gasteiger partial charge is 0.416 e. The molecule has 2 aromatic heterocycles. The zero-order valence-corrected chi connectivity index (χ0v) is 18.2. The number of fused-ring (bicyclic) bond motifs is 1. The monoisotopic (exact) mass is 468 g/mol. The minimum absolute atomic E-state index is 0.00760. The molecule has 2 N–H and O–H groups in total. The highest BCUT2D eigenvalue weighted by Crippen LogP contribution is 2.31. The number of aliphatic hydroxyl groups is 1. The van der Waals surface area contributed by atoms with Crippen LogP contribution in [0.2, 0.25) is 0 Å². The summed E-state index contributed by atoms with van der Waals surface area (Å²) < 4.78 is 40.6. The van der Waals surface area contributed by atoms with E-state index in [1.54, 1.807) is 10.9 Å². The van der Waals surface area contributed by atoms with E-state index in [1.165, 1.54) is 12.1 Å². The molecule has 1 saturated heterocycles. The van der Waals surface area contributed by atoms with Gasteiger partial charge in [-0.2, -0.15) is 23.1 Å². The van der Waals surface area contributed by atoms with Crippen molar-refractivity contribution < 1.29 is 18.3 Å². The summed E-state index contributed by atoms with van der Waals surface area (Å²) in [4.78, 5) is 16.0. The highest BCUT2D eigenvalue weighted by atomic mass is 19.4. The Hall–Kier alpha value is -3.66. The molecule has 176 valence electrons. The molecule has 34 heavy (non-hydrogen) atoms. The molecule has 0 saturated carbocycles. The first-order valence-corrected chi connectivity index (χ1v) is 11.0. The van der Waals surface area contributed by atoms with E-state index in [2.05, 4.69) is 10.3 Å². The maximum Gasteiger partial charge on any atom is 0.416 e. The number of aromatic nitrogens is 4. The molecular formula is C24H23F3N6O. The smallest absolute Gasteiger partial charge is 0.394 e. The fourth-order valence-corrected chi connectivity index (χ4v) is 4.21. The highest BCUT2D eigenvalue weighted by molar-refractivity contribution is 5.86. The lowest BCUT2D eigenvalue weighted by molar-refractivity contribution is -0.137. The van der Waals surface area contributed by atoms with Crippen LogP contribution < -0.4 is 10.2 Å². The standard InChI is InChI=1S/C24H23F3N6O/c25-24(26,27)17-10-8-16(9-11-17)13-32-15-28-20-21(29-18-5-2-1-3-6-18)30-23(31-22(20)32)33-12-4-7-19(33)14-34/h1-3,5-6,8-11,15,19,34H,4,7,12-14H2,(H,29,30,31). The van der Waals surface area contributed by atoms with Crippen molar-refractivity contribution in [3.8, 4) is 0 Å². The Labute approximate surface area is 193 Å². The molecule has 10 heteroatoms. The van der Waals surface area contributed by atoms with Crippen molar-refractivity contribution in [1.29, 1.82) is 0 Å². The third-order valence-electron chi connectivity index (χ3n) is 5.97. The number of nitrogens with one attached hydrogen (secondary N) is 1. The second-order valence-electron chi connectivity index (χ2n) is 8.27. The lowest BCUT2D eigenvalue weighted by Crippen LogP contribution is -2.33. The van der Waals surface area contributed by atoms with E-state index < -0.39 is 11.7 Å². The van der Waals surface area contributed by atoms with Gasteiger partial charge in [0.25, 0.3) is 0 Å². The van der Waals surface area contributed by atoms with Gasteiger partial charge in [-0.15, -0.1) is 0 Å². The average Bonchev–Trinajstić information content (AvgIpc) is 3.47. The Morgan fingerprint density at radius 2 is 1.79 bits per heavy atom. The normalized spacial score (nSPS) is 16.4. The zero-order valence-electron chi connectivity index (χ0n) is 18.2. The molecule has 0 amide bonds. The van der Waals surface area contributed by atoms with Crippen LogP contribution in [0.25, 0.3) is 11.2 Å². The fourth-order valence-electron chi connectivity index (χ4n) is 4.21. The lowest BCUT2D eigenvalue weighted by atomic mass is 10.1. The third kappa shape index (κ3) is 4.41. The van der Waals surface area contributed by atoms with Crippen LogP contribution in [-0.4, -0.2) is 43.8 Å². The van der Waals surface area contributed by atoms with Gasteiger partial charge in [0, 0.05) is 12.2 Å². The number of aliphatic hydroxyl groups excluding tert-OH is 1. The SMILES string of the molecule is OCC1CCCN1c1nc(Nc2ccccc2)c2ncn(Cc3ccc(C(F)(F)F)cc3)c2n1. The predicted octanol–water partition coefficient (Wildman–Crippen LogP) is 4.60. The summed E-state index contributed by atoms with van der Waals surface area (Å²) in [6.45, 7) is 1.04. The van der Waals surface area contributed by atoms with Crippen molar-refractivity contribution in [3.63, 3.8) is 0 Å². The Morgan fingerprint density at radius 1 is 1.03 bits per heavy atom. The quantitative estimate of drug-likeness (QED) is 0.431. The average molecular weight is 468 g/mol. The van der Waals surface area contributed by atoms with Crippen LogP contribution in [0.4, 0.5) is 30.6 Å². The van der Waals surface area contributed by atoms with E-state index in [0.717, 1.165) is 37.2 Å². The van der Waals surface area contributed by atoms with Gasteiger partial charge in [0.2, 0.25) is 5.95 Å². The Balaban J connectivity index is 1.54. The second kappa shape index (κ2) is 8.94. The summed E-state index contributed by atoms with van der Waals surface area (Å²) in [6, 6.07) is 14.6. The second-order valence-corrected chi connectivity index (χ2v) is 8.27. The van der Waals surface area contributed by atoms with Gasteiger partial charge < -0.3 is 19.9 Å². The number of alkyl halides is 3. The molecule has 1 fully saturated rings. The third-order valence-corrected chi connectivity index (χ3v) is 5.97. The minimum atomic E-state index is -4.38. The molecule has 1 unspecified atom stereocenters. The maximum atomic E-state index is 12.9. The number of rotatable bonds is 6. The summed E-state index contributed by atoms with van der Waals surface area (Å²) in [5.41, 5.74) is 1.96. The molecule has 2 aromatic carbocycles. The van der Waals surface area contributed by atoms with Crippen molar-refractivity contribution in [3.05, 3.63) is 72.1 Å². The number of anilines is 3. The van der Waals surface area contributed by atoms with Gasteiger partial charge in [-0.1, -0.05) is 30.3 Å². The van der Waals surface area contributed by atoms with Crippen LogP contribution in [0, 0.1) is 0 Å². The van der Waals surface area contributed by atoms with E-state index in [9.17, 15) is 18.3 Å². The molecule has 0 spiro atoms. The Kier molecular flexibility index (Phi) is 5.82. The van der Waals surface area contributed by atoms with Crippen molar-refractivity contribution in [2.24, 2.45) is 0 Å². The lowest BCUT2D eigenvalue weighted by Gasteiger charge is -2.23. The van der Waals surface area contributed by atoms with Gasteiger partial charge in [-0.05, 0) is 42.7 Å². The van der Waals surface area contributed by atoms with Gasteiger partial charge >= 0.3 is 6.18 Å². The number of nitrogens with zero attached hydrogens (tertiary/aromatic N) is 5. The van der Waals surface area contributed by atoms with Crippen molar-refractivity contribution in [2.45, 2.75) is 31.6 Å². The number of benzene rings is 2. The minimum Gasteiger partial charge on any atom is -0.394 e. The van der Waals surface area contributed by atoms with Gasteiger partial charge in [0.15, 0.2) is 17.0 Å². The van der Waals surface area contributed by atoms with Crippen LogP contribution in [-0.2, 0) is 12.7 Å². The maximum absolute atomic E-state index is 12.9. The first-order chi connectivity index (χ1) is 16.4. The van der Waals surface area contributed by atoms with Crippen LogP contribution in [0.5, 0.6) is 0 Å². The van der Waals surface area contributed by atoms with E-state index in [1.807, 2.05) is 35.2 Å². The summed E-state index contributed by atoms with van der Waals surface area (Å²) in [5.74, 6) is 1.01. The van der Waals surface area contributed by atoms with Gasteiger partial charge in [-0.3, -0.25) is 0 Å². The van der Waals surface area contributed by atoms with E-state index >= 15 is 0 Å². The van der Waals surface area contributed by atoms with E-state index in [-0.39, 0.29) is 12.6 Å². The molecule has 0 bridgehead atoms.